The fourth-order valence-corrected chi connectivity index (χ4v) is 3.53. The molecule has 1 aromatic heterocycles. The van der Waals surface area contributed by atoms with Gasteiger partial charge in [0.25, 0.3) is 5.56 Å². The van der Waals surface area contributed by atoms with Gasteiger partial charge in [-0.1, -0.05) is 25.7 Å². The van der Waals surface area contributed by atoms with E-state index in [9.17, 15) is 9.59 Å². The van der Waals surface area contributed by atoms with E-state index >= 15 is 0 Å². The van der Waals surface area contributed by atoms with Crippen LogP contribution in [0.25, 0.3) is 10.8 Å². The predicted molar refractivity (Wildman–Crippen MR) is 98.7 cm³/mol. The second-order valence-electron chi connectivity index (χ2n) is 6.63. The molecule has 1 aromatic carbocycles. The summed E-state index contributed by atoms with van der Waals surface area (Å²) >= 11 is 0. The van der Waals surface area contributed by atoms with Crippen molar-refractivity contribution in [1.29, 1.82) is 0 Å². The molecular formula is C19H25N3O4. The molecule has 0 aliphatic heterocycles. The minimum Gasteiger partial charge on any atom is -0.493 e. The van der Waals surface area contributed by atoms with E-state index in [1.807, 2.05) is 0 Å². The van der Waals surface area contributed by atoms with Crippen molar-refractivity contribution in [3.63, 3.8) is 0 Å². The summed E-state index contributed by atoms with van der Waals surface area (Å²) in [5.74, 6) is 0.640. The number of amides is 1. The molecule has 2 aromatic rings. The highest BCUT2D eigenvalue weighted by atomic mass is 16.5. The predicted octanol–water partition coefficient (Wildman–Crippen LogP) is 2.25. The Morgan fingerprint density at radius 2 is 1.92 bits per heavy atom. The number of methoxy groups -OCH3 is 2. The van der Waals surface area contributed by atoms with E-state index in [1.54, 1.807) is 18.3 Å². The number of nitrogens with one attached hydrogen (secondary N) is 1. The monoisotopic (exact) mass is 359 g/mol. The van der Waals surface area contributed by atoms with Gasteiger partial charge < -0.3 is 14.8 Å². The average Bonchev–Trinajstić information content (AvgIpc) is 2.91. The number of rotatable bonds is 5. The molecule has 3 rings (SSSR count). The number of nitrogens with zero attached hydrogens (tertiary/aromatic N) is 2. The molecule has 140 valence electrons. The Morgan fingerprint density at radius 1 is 1.19 bits per heavy atom. The Hall–Kier alpha value is -2.57. The van der Waals surface area contributed by atoms with Gasteiger partial charge in [0.1, 0.15) is 6.54 Å². The Balaban J connectivity index is 1.84. The van der Waals surface area contributed by atoms with Crippen molar-refractivity contribution in [2.24, 2.45) is 0 Å². The van der Waals surface area contributed by atoms with Gasteiger partial charge in [0.15, 0.2) is 11.5 Å². The molecule has 1 aliphatic carbocycles. The lowest BCUT2D eigenvalue weighted by atomic mass is 10.1. The fourth-order valence-electron chi connectivity index (χ4n) is 3.53. The van der Waals surface area contributed by atoms with Crippen molar-refractivity contribution in [1.82, 2.24) is 15.1 Å². The Morgan fingerprint density at radius 3 is 2.58 bits per heavy atom. The molecule has 0 unspecified atom stereocenters. The number of hydrogen-bond acceptors (Lipinski definition) is 5. The van der Waals surface area contributed by atoms with Gasteiger partial charge in [-0.15, -0.1) is 0 Å². The molecular weight excluding hydrogens is 334 g/mol. The summed E-state index contributed by atoms with van der Waals surface area (Å²) in [6.07, 6.45) is 8.27. The number of carbonyl (C=O) groups excluding carboxylic acids is 1. The molecule has 7 nitrogen and oxygen atoms in total. The number of aromatic nitrogens is 2. The van der Waals surface area contributed by atoms with Crippen molar-refractivity contribution >= 4 is 16.7 Å². The lowest BCUT2D eigenvalue weighted by molar-refractivity contribution is -0.122. The van der Waals surface area contributed by atoms with Gasteiger partial charge in [-0.2, -0.15) is 5.10 Å². The lowest BCUT2D eigenvalue weighted by Crippen LogP contribution is -2.39. The van der Waals surface area contributed by atoms with Crippen molar-refractivity contribution in [3.05, 3.63) is 28.7 Å². The van der Waals surface area contributed by atoms with Gasteiger partial charge in [-0.3, -0.25) is 9.59 Å². The highest BCUT2D eigenvalue weighted by Crippen LogP contribution is 2.32. The maximum Gasteiger partial charge on any atom is 0.279 e. The van der Waals surface area contributed by atoms with Crippen LogP contribution in [0.3, 0.4) is 0 Å². The summed E-state index contributed by atoms with van der Waals surface area (Å²) in [6.45, 7) is -0.106. The Bertz CT molecular complexity index is 839. The Labute approximate surface area is 152 Å². The summed E-state index contributed by atoms with van der Waals surface area (Å²) in [6, 6.07) is 3.67. The van der Waals surface area contributed by atoms with Crippen molar-refractivity contribution in [2.45, 2.75) is 51.1 Å². The number of hydrogen-bond donors (Lipinski definition) is 1. The molecule has 1 heterocycles. The third kappa shape index (κ3) is 3.81. The first kappa shape index (κ1) is 18.2. The first-order chi connectivity index (χ1) is 12.6. The molecule has 26 heavy (non-hydrogen) atoms. The quantitative estimate of drug-likeness (QED) is 0.828. The zero-order chi connectivity index (χ0) is 18.5. The van der Waals surface area contributed by atoms with E-state index in [-0.39, 0.29) is 24.1 Å². The van der Waals surface area contributed by atoms with Crippen LogP contribution in [-0.4, -0.2) is 35.9 Å². The fraction of sp³-hybridized carbons (Fsp3) is 0.526. The molecule has 0 saturated heterocycles. The third-order valence-electron chi connectivity index (χ3n) is 4.88. The maximum absolute atomic E-state index is 12.8. The van der Waals surface area contributed by atoms with Gasteiger partial charge in [-0.25, -0.2) is 4.68 Å². The molecule has 0 spiro atoms. The van der Waals surface area contributed by atoms with Gasteiger partial charge in [0.05, 0.1) is 25.8 Å². The summed E-state index contributed by atoms with van der Waals surface area (Å²) in [7, 11) is 3.00. The summed E-state index contributed by atoms with van der Waals surface area (Å²) in [4.78, 5) is 25.2. The molecule has 1 saturated carbocycles. The summed E-state index contributed by atoms with van der Waals surface area (Å²) in [5.41, 5.74) is -0.366. The van der Waals surface area contributed by atoms with Gasteiger partial charge in [0, 0.05) is 11.4 Å². The lowest BCUT2D eigenvalue weighted by Gasteiger charge is -2.16. The minimum absolute atomic E-state index is 0.106. The molecule has 7 heteroatoms. The van der Waals surface area contributed by atoms with Crippen molar-refractivity contribution in [2.75, 3.05) is 14.2 Å². The molecule has 1 fully saturated rings. The minimum atomic E-state index is -0.366. The molecule has 1 amide bonds. The van der Waals surface area contributed by atoms with Gasteiger partial charge in [0.2, 0.25) is 5.91 Å². The molecule has 1 aliphatic rings. The van der Waals surface area contributed by atoms with E-state index in [0.29, 0.717) is 22.3 Å². The van der Waals surface area contributed by atoms with Crippen LogP contribution in [-0.2, 0) is 11.3 Å². The Kier molecular flexibility index (Phi) is 5.75. The van der Waals surface area contributed by atoms with Crippen LogP contribution in [0.2, 0.25) is 0 Å². The van der Waals surface area contributed by atoms with E-state index < -0.39 is 0 Å². The van der Waals surface area contributed by atoms with Crippen LogP contribution >= 0.6 is 0 Å². The first-order valence-corrected chi connectivity index (χ1v) is 9.04. The van der Waals surface area contributed by atoms with Crippen LogP contribution in [0.5, 0.6) is 11.5 Å². The van der Waals surface area contributed by atoms with E-state index in [1.165, 1.54) is 31.7 Å². The van der Waals surface area contributed by atoms with Gasteiger partial charge in [-0.05, 0) is 25.0 Å². The van der Waals surface area contributed by atoms with Crippen LogP contribution in [0, 0.1) is 0 Å². The summed E-state index contributed by atoms with van der Waals surface area (Å²) < 4.78 is 11.8. The number of benzene rings is 1. The second kappa shape index (κ2) is 8.21. The van der Waals surface area contributed by atoms with E-state index in [0.717, 1.165) is 25.7 Å². The zero-order valence-electron chi connectivity index (χ0n) is 15.3. The molecule has 0 atom stereocenters. The number of ether oxygens (including phenoxy) is 2. The van der Waals surface area contributed by atoms with Crippen molar-refractivity contribution in [3.8, 4) is 11.5 Å². The second-order valence-corrected chi connectivity index (χ2v) is 6.63. The largest absolute Gasteiger partial charge is 0.493 e. The molecule has 0 bridgehead atoms. The van der Waals surface area contributed by atoms with E-state index in [4.69, 9.17) is 9.47 Å². The standard InChI is InChI=1S/C19H25N3O4/c1-25-15-10-9-13-11-20-22(19(24)17(13)18(15)26-2)12-16(23)21-14-7-5-3-4-6-8-14/h9-11,14H,3-8,12H2,1-2H3,(H,21,23). The topological polar surface area (TPSA) is 82.5 Å². The SMILES string of the molecule is COc1ccc2cnn(CC(=O)NC3CCCCCC3)c(=O)c2c1OC. The zero-order valence-corrected chi connectivity index (χ0v) is 15.3. The van der Waals surface area contributed by atoms with Crippen LogP contribution in [0.4, 0.5) is 0 Å². The smallest absolute Gasteiger partial charge is 0.279 e. The first-order valence-electron chi connectivity index (χ1n) is 9.04. The normalized spacial score (nSPS) is 15.5. The van der Waals surface area contributed by atoms with Crippen LogP contribution < -0.4 is 20.3 Å². The van der Waals surface area contributed by atoms with Crippen LogP contribution in [0.15, 0.2) is 23.1 Å². The highest BCUT2D eigenvalue weighted by molar-refractivity contribution is 5.89. The summed E-state index contributed by atoms with van der Waals surface area (Å²) in [5, 5.41) is 8.19. The average molecular weight is 359 g/mol. The number of carbonyl (C=O) groups is 1. The highest BCUT2D eigenvalue weighted by Gasteiger charge is 2.18. The van der Waals surface area contributed by atoms with E-state index in [2.05, 4.69) is 10.4 Å². The van der Waals surface area contributed by atoms with Crippen molar-refractivity contribution < 1.29 is 14.3 Å². The third-order valence-corrected chi connectivity index (χ3v) is 4.88. The maximum atomic E-state index is 12.8. The van der Waals surface area contributed by atoms with Gasteiger partial charge >= 0.3 is 0 Å². The molecule has 0 radical (unpaired) electrons. The number of fused-ring (bicyclic) bond motifs is 1. The molecule has 1 N–H and O–H groups in total. The van der Waals surface area contributed by atoms with Crippen LogP contribution in [0.1, 0.15) is 38.5 Å².